The van der Waals surface area contributed by atoms with Gasteiger partial charge in [-0.15, -0.1) is 0 Å². The predicted octanol–water partition coefficient (Wildman–Crippen LogP) is 1.84. The zero-order valence-corrected chi connectivity index (χ0v) is 15.0. The molecule has 2 fully saturated rings. The molecule has 0 bridgehead atoms. The Morgan fingerprint density at radius 1 is 1.36 bits per heavy atom. The summed E-state index contributed by atoms with van der Waals surface area (Å²) < 4.78 is 5.43. The fourth-order valence-corrected chi connectivity index (χ4v) is 4.17. The molecular formula is C18H22N2O4S. The van der Waals surface area contributed by atoms with Crippen molar-refractivity contribution in [1.29, 1.82) is 0 Å². The summed E-state index contributed by atoms with van der Waals surface area (Å²) in [6.07, 6.45) is 2.32. The lowest BCUT2D eigenvalue weighted by molar-refractivity contribution is -0.129. The van der Waals surface area contributed by atoms with Crippen LogP contribution in [0.1, 0.15) is 36.5 Å². The Bertz CT molecular complexity index is 663. The Morgan fingerprint density at radius 2 is 2.20 bits per heavy atom. The third-order valence-corrected chi connectivity index (χ3v) is 5.40. The quantitative estimate of drug-likeness (QED) is 0.806. The number of ketones is 1. The third kappa shape index (κ3) is 4.04. The average Bonchev–Trinajstić information content (AvgIpc) is 2.94. The van der Waals surface area contributed by atoms with Gasteiger partial charge in [-0.2, -0.15) is 0 Å². The molecule has 0 aromatic heterocycles. The van der Waals surface area contributed by atoms with Crippen LogP contribution in [-0.4, -0.2) is 52.8 Å². The van der Waals surface area contributed by atoms with Crippen LogP contribution in [-0.2, 0) is 9.59 Å². The molecule has 2 heterocycles. The van der Waals surface area contributed by atoms with Gasteiger partial charge in [0.25, 0.3) is 5.91 Å². The van der Waals surface area contributed by atoms with Crippen molar-refractivity contribution in [1.82, 2.24) is 10.2 Å². The first-order valence-electron chi connectivity index (χ1n) is 8.59. The summed E-state index contributed by atoms with van der Waals surface area (Å²) in [6, 6.07) is 6.30. The van der Waals surface area contributed by atoms with Crippen LogP contribution in [0.2, 0.25) is 0 Å². The Hall–Kier alpha value is -1.86. The number of nitrogens with one attached hydrogen (secondary N) is 1. The van der Waals surface area contributed by atoms with E-state index in [1.165, 1.54) is 0 Å². The van der Waals surface area contributed by atoms with Crippen molar-refractivity contribution in [3.63, 3.8) is 0 Å². The second-order valence-electron chi connectivity index (χ2n) is 6.16. The van der Waals surface area contributed by atoms with E-state index in [0.29, 0.717) is 24.5 Å². The molecule has 134 valence electrons. The Morgan fingerprint density at radius 3 is 2.92 bits per heavy atom. The molecule has 2 saturated heterocycles. The minimum absolute atomic E-state index is 0.0607. The fraction of sp³-hybridized carbons (Fsp3) is 0.500. The number of thioether (sulfide) groups is 1. The van der Waals surface area contributed by atoms with E-state index >= 15 is 0 Å². The fourth-order valence-electron chi connectivity index (χ4n) is 3.30. The van der Waals surface area contributed by atoms with Crippen LogP contribution < -0.4 is 10.1 Å². The van der Waals surface area contributed by atoms with Gasteiger partial charge in [-0.25, -0.2) is 0 Å². The van der Waals surface area contributed by atoms with Gasteiger partial charge >= 0.3 is 0 Å². The van der Waals surface area contributed by atoms with E-state index in [2.05, 4.69) is 5.32 Å². The number of piperidine rings is 1. The highest BCUT2D eigenvalue weighted by Gasteiger charge is 2.42. The molecule has 1 amide bonds. The van der Waals surface area contributed by atoms with E-state index in [0.717, 1.165) is 31.0 Å². The molecule has 0 spiro atoms. The van der Waals surface area contributed by atoms with Crippen molar-refractivity contribution in [2.24, 2.45) is 0 Å². The Balaban J connectivity index is 1.73. The summed E-state index contributed by atoms with van der Waals surface area (Å²) in [5.74, 6) is 0.601. The van der Waals surface area contributed by atoms with Gasteiger partial charge in [0, 0.05) is 12.1 Å². The van der Waals surface area contributed by atoms with Crippen LogP contribution in [0.4, 0.5) is 0 Å². The number of hydrogen-bond acceptors (Lipinski definition) is 6. The molecule has 3 rings (SSSR count). The summed E-state index contributed by atoms with van der Waals surface area (Å²) in [6.45, 7) is 3.07. The maximum Gasteiger partial charge on any atom is 0.252 e. The summed E-state index contributed by atoms with van der Waals surface area (Å²) in [4.78, 5) is 38.6. The molecule has 0 radical (unpaired) electrons. The first kappa shape index (κ1) is 17.9. The number of rotatable bonds is 5. The number of amides is 1. The highest BCUT2D eigenvalue weighted by atomic mass is 32.2. The zero-order valence-electron chi connectivity index (χ0n) is 14.2. The van der Waals surface area contributed by atoms with Gasteiger partial charge in [0.05, 0.1) is 18.5 Å². The highest BCUT2D eigenvalue weighted by molar-refractivity contribution is 8.15. The average molecular weight is 362 g/mol. The Kier molecular flexibility index (Phi) is 5.75. The lowest BCUT2D eigenvalue weighted by Crippen LogP contribution is -2.57. The maximum absolute atomic E-state index is 12.6. The molecule has 2 aliphatic heterocycles. The summed E-state index contributed by atoms with van der Waals surface area (Å²) in [7, 11) is 0. The molecule has 1 aromatic carbocycles. The number of carbonyl (C=O) groups excluding carboxylic acids is 3. The number of benzene rings is 1. The molecule has 1 N–H and O–H groups in total. The first-order chi connectivity index (χ1) is 12.1. The van der Waals surface area contributed by atoms with Gasteiger partial charge in [0.15, 0.2) is 5.78 Å². The number of hydrogen-bond donors (Lipinski definition) is 1. The first-order valence-corrected chi connectivity index (χ1v) is 9.57. The van der Waals surface area contributed by atoms with Gasteiger partial charge in [-0.3, -0.25) is 19.3 Å². The van der Waals surface area contributed by atoms with Crippen molar-refractivity contribution in [3.8, 4) is 5.75 Å². The number of carbonyl (C=O) groups is 3. The van der Waals surface area contributed by atoms with Crippen LogP contribution in [0.15, 0.2) is 24.3 Å². The van der Waals surface area contributed by atoms with Crippen LogP contribution in [0.3, 0.4) is 0 Å². The number of nitrogens with zero attached hydrogens (tertiary/aromatic N) is 1. The van der Waals surface area contributed by atoms with Crippen molar-refractivity contribution in [2.75, 3.05) is 18.9 Å². The van der Waals surface area contributed by atoms with Crippen molar-refractivity contribution in [2.45, 2.75) is 38.4 Å². The minimum atomic E-state index is -0.717. The molecule has 25 heavy (non-hydrogen) atoms. The van der Waals surface area contributed by atoms with Gasteiger partial charge < -0.3 is 10.1 Å². The van der Waals surface area contributed by atoms with Crippen molar-refractivity contribution >= 4 is 28.6 Å². The second-order valence-corrected chi connectivity index (χ2v) is 7.14. The highest BCUT2D eigenvalue weighted by Crippen LogP contribution is 2.27. The molecule has 2 unspecified atom stereocenters. The van der Waals surface area contributed by atoms with E-state index in [4.69, 9.17) is 4.74 Å². The molecule has 2 atom stereocenters. The molecule has 1 aromatic rings. The number of Topliss-reactive ketones (excluding diaryl/α,β-unsaturated/α-hetero) is 1. The van der Waals surface area contributed by atoms with E-state index in [9.17, 15) is 14.4 Å². The van der Waals surface area contributed by atoms with Crippen LogP contribution >= 0.6 is 11.8 Å². The molecule has 6 nitrogen and oxygen atoms in total. The minimum Gasteiger partial charge on any atom is -0.494 e. The number of likely N-dealkylation sites (tertiary alicyclic amines) is 1. The predicted molar refractivity (Wildman–Crippen MR) is 95.7 cm³/mol. The molecule has 0 saturated carbocycles. The van der Waals surface area contributed by atoms with Crippen LogP contribution in [0.25, 0.3) is 0 Å². The van der Waals surface area contributed by atoms with Gasteiger partial charge in [0.2, 0.25) is 5.12 Å². The van der Waals surface area contributed by atoms with Gasteiger partial charge in [-0.05, 0) is 44.4 Å². The maximum atomic E-state index is 12.6. The molecule has 0 aliphatic carbocycles. The topological polar surface area (TPSA) is 75.7 Å². The van der Waals surface area contributed by atoms with E-state index in [1.807, 2.05) is 11.8 Å². The molecule has 2 aliphatic rings. The van der Waals surface area contributed by atoms with E-state index < -0.39 is 6.04 Å². The van der Waals surface area contributed by atoms with Gasteiger partial charge in [0.1, 0.15) is 11.8 Å². The van der Waals surface area contributed by atoms with Crippen molar-refractivity contribution in [3.05, 3.63) is 29.8 Å². The van der Waals surface area contributed by atoms with Crippen molar-refractivity contribution < 1.29 is 19.1 Å². The summed E-state index contributed by atoms with van der Waals surface area (Å²) in [5.41, 5.74) is 0.509. The van der Waals surface area contributed by atoms with Gasteiger partial charge in [-0.1, -0.05) is 17.8 Å². The molecular weight excluding hydrogens is 340 g/mol. The van der Waals surface area contributed by atoms with Crippen LogP contribution in [0, 0.1) is 0 Å². The smallest absolute Gasteiger partial charge is 0.252 e. The van der Waals surface area contributed by atoms with E-state index in [-0.39, 0.29) is 28.7 Å². The second kappa shape index (κ2) is 8.01. The normalized spacial score (nSPS) is 24.4. The van der Waals surface area contributed by atoms with Crippen LogP contribution in [0.5, 0.6) is 5.75 Å². The zero-order chi connectivity index (χ0) is 17.8. The SMILES string of the molecule is CCOc1cccc(C(=O)NC2CCCCN2C2C(=O)CSC2=O)c1. The standard InChI is InChI=1S/C18H22N2O4S/c1-2-24-13-7-5-6-12(10-13)17(22)19-15-8-3-4-9-20(15)16-14(21)11-25-18(16)23/h5-7,10,15-16H,2-4,8-9,11H2,1H3,(H,19,22). The monoisotopic (exact) mass is 362 g/mol. The lowest BCUT2D eigenvalue weighted by Gasteiger charge is -2.38. The Labute approximate surface area is 151 Å². The number of ether oxygens (including phenoxy) is 1. The molecule has 7 heteroatoms. The van der Waals surface area contributed by atoms with E-state index in [1.54, 1.807) is 24.3 Å². The largest absolute Gasteiger partial charge is 0.494 e. The summed E-state index contributed by atoms with van der Waals surface area (Å²) in [5, 5.41) is 2.88. The third-order valence-electron chi connectivity index (χ3n) is 4.47. The summed E-state index contributed by atoms with van der Waals surface area (Å²) >= 11 is 1.07. The lowest BCUT2D eigenvalue weighted by atomic mass is 10.0.